The van der Waals surface area contributed by atoms with Crippen molar-refractivity contribution in [1.29, 1.82) is 0 Å². The zero-order valence-electron chi connectivity index (χ0n) is 57.1. The second-order valence-electron chi connectivity index (χ2n) is 27.8. The van der Waals surface area contributed by atoms with Crippen molar-refractivity contribution in [3.05, 3.63) is 339 Å². The van der Waals surface area contributed by atoms with Crippen molar-refractivity contribution < 1.29 is 13.3 Å². The summed E-state index contributed by atoms with van der Waals surface area (Å²) in [6.45, 7) is 5.33. The van der Waals surface area contributed by atoms with Crippen LogP contribution in [0.4, 0.5) is 39.9 Å². The summed E-state index contributed by atoms with van der Waals surface area (Å²) in [6, 6.07) is 112. The number of hydrogen-bond donors (Lipinski definition) is 0. The van der Waals surface area contributed by atoms with Gasteiger partial charge in [0, 0.05) is 106 Å². The van der Waals surface area contributed by atoms with Crippen LogP contribution in [0.1, 0.15) is 25.3 Å². The zero-order valence-corrected chi connectivity index (χ0v) is 57.1. The van der Waals surface area contributed by atoms with Gasteiger partial charge in [0.2, 0.25) is 0 Å². The van der Waals surface area contributed by atoms with Gasteiger partial charge in [0.15, 0.2) is 5.58 Å². The van der Waals surface area contributed by atoms with Gasteiger partial charge >= 0.3 is 0 Å². The second kappa shape index (κ2) is 23.6. The van der Waals surface area contributed by atoms with E-state index in [2.05, 4.69) is 356 Å². The molecule has 104 heavy (non-hydrogen) atoms. The number of fused-ring (bicyclic) bond motifs is 18. The third kappa shape index (κ3) is 9.33. The van der Waals surface area contributed by atoms with Gasteiger partial charge in [-0.3, -0.25) is 4.90 Å². The number of benzene rings is 16. The Morgan fingerprint density at radius 3 is 1.63 bits per heavy atom. The Labute approximate surface area is 598 Å². The first-order valence-electron chi connectivity index (χ1n) is 35.8. The van der Waals surface area contributed by atoms with E-state index >= 15 is 0 Å². The van der Waals surface area contributed by atoms with Crippen LogP contribution in [0.15, 0.2) is 347 Å². The molecule has 7 heteroatoms. The molecule has 0 N–H and O–H groups in total. The van der Waals surface area contributed by atoms with E-state index in [4.69, 9.17) is 18.2 Å². The molecule has 1 aliphatic heterocycles. The lowest BCUT2D eigenvalue weighted by molar-refractivity contribution is 0.667. The van der Waals surface area contributed by atoms with Gasteiger partial charge in [0.25, 0.3) is 0 Å². The SMILES string of the molecule is CC(C)c1cc2c(N(c3cccc(-c4ccccc4)n3)c3c4ccccc4cc4ccccc34)cc3c4cc(-c5ccccc5)ccc4oc3c2c2c1c(N1C=CC=CC1)cc1oc3c(N(c4ccc5c(c4)oc4ccccc45)c4c5ccccc5cc5cc(-c6ccccc6)ccc45)cccc3c12. The van der Waals surface area contributed by atoms with E-state index in [9.17, 15) is 0 Å². The predicted octanol–water partition coefficient (Wildman–Crippen LogP) is 27.7. The van der Waals surface area contributed by atoms with Crippen molar-refractivity contribution in [2.24, 2.45) is 0 Å². The molecule has 16 aromatic carbocycles. The van der Waals surface area contributed by atoms with Gasteiger partial charge in [-0.1, -0.05) is 244 Å². The second-order valence-corrected chi connectivity index (χ2v) is 27.8. The molecule has 21 rings (SSSR count). The third-order valence-corrected chi connectivity index (χ3v) is 21.5. The minimum atomic E-state index is 0.0286. The van der Waals surface area contributed by atoms with Gasteiger partial charge in [-0.15, -0.1) is 0 Å². The number of furan rings is 3. The topological polar surface area (TPSA) is 62.0 Å². The smallest absolute Gasteiger partial charge is 0.159 e. The highest BCUT2D eigenvalue weighted by Crippen LogP contribution is 2.56. The highest BCUT2D eigenvalue weighted by Gasteiger charge is 2.32. The number of hydrogen-bond acceptors (Lipinski definition) is 7. The summed E-state index contributed by atoms with van der Waals surface area (Å²) in [5.74, 6) is 0.805. The fourth-order valence-electron chi connectivity index (χ4n) is 16.8. The number of aromatic nitrogens is 1. The van der Waals surface area contributed by atoms with E-state index in [0.29, 0.717) is 6.54 Å². The molecule has 0 unspecified atom stereocenters. The third-order valence-electron chi connectivity index (χ3n) is 21.5. The molecule has 0 saturated carbocycles. The number of nitrogens with zero attached hydrogens (tertiary/aromatic N) is 4. The van der Waals surface area contributed by atoms with Crippen molar-refractivity contribution in [3.63, 3.8) is 0 Å². The van der Waals surface area contributed by atoms with E-state index in [1.165, 1.54) is 5.56 Å². The maximum atomic E-state index is 7.95. The fourth-order valence-corrected chi connectivity index (χ4v) is 16.8. The average Bonchev–Trinajstić information content (AvgIpc) is 1.59. The summed E-state index contributed by atoms with van der Waals surface area (Å²) in [6.07, 6.45) is 8.73. The Balaban J connectivity index is 0.938. The lowest BCUT2D eigenvalue weighted by Crippen LogP contribution is -2.18. The normalized spacial score (nSPS) is 12.7. The molecule has 490 valence electrons. The van der Waals surface area contributed by atoms with Crippen LogP contribution in [0.25, 0.3) is 164 Å². The van der Waals surface area contributed by atoms with E-state index in [1.54, 1.807) is 0 Å². The van der Waals surface area contributed by atoms with E-state index in [-0.39, 0.29) is 5.92 Å². The number of pyridine rings is 1. The van der Waals surface area contributed by atoms with Crippen molar-refractivity contribution in [1.82, 2.24) is 4.98 Å². The molecule has 20 aromatic rings. The molecular formula is C97H64N4O3. The molecule has 0 saturated heterocycles. The average molecular weight is 1330 g/mol. The summed E-state index contributed by atoms with van der Waals surface area (Å²) in [4.78, 5) is 13.1. The first kappa shape index (κ1) is 59.4. The van der Waals surface area contributed by atoms with Crippen LogP contribution in [-0.2, 0) is 0 Å². The molecule has 0 atom stereocenters. The molecule has 0 radical (unpaired) electrons. The molecule has 0 amide bonds. The van der Waals surface area contributed by atoms with Crippen LogP contribution < -0.4 is 14.7 Å². The van der Waals surface area contributed by atoms with Crippen LogP contribution in [0.3, 0.4) is 0 Å². The molecule has 1 aliphatic rings. The molecule has 0 spiro atoms. The lowest BCUT2D eigenvalue weighted by atomic mass is 9.86. The Kier molecular flexibility index (Phi) is 13.5. The van der Waals surface area contributed by atoms with E-state index < -0.39 is 0 Å². The standard InChI is InChI=1S/C97H64N4O3/c1-59(2)77-56-80-83(101(89-42-24-39-81(98-89)62-29-11-5-12-30-62)95-71-35-17-13-31-65(71)52-66-32-14-18-36-72(66)95)57-79-78-54-64(61-27-9-4-10-28-61)44-48-86(78)103-97(79)92(80)93-90(77)84(99-49-21-6-22-50-99)58-88-91(93)76-38-23-40-82(96(76)104-88)100(69-45-47-75-74-37-19-20-41-85(74)102-87(75)55-69)94-70-34-16-15-33-67(70)53-68-51-63(43-46-73(68)94)60-25-7-3-8-26-60/h3-49,51-59H,50H2,1-2H3. The zero-order chi connectivity index (χ0) is 68.7. The fraction of sp³-hybridized carbons (Fsp3) is 0.0412. The quantitative estimate of drug-likeness (QED) is 0.0944. The largest absolute Gasteiger partial charge is 0.456 e. The maximum Gasteiger partial charge on any atom is 0.159 e. The number of rotatable bonds is 11. The van der Waals surface area contributed by atoms with Crippen molar-refractivity contribution >= 4 is 170 Å². The van der Waals surface area contributed by atoms with Gasteiger partial charge in [0.1, 0.15) is 33.7 Å². The Hall–Kier alpha value is -13.5. The van der Waals surface area contributed by atoms with Gasteiger partial charge in [-0.2, -0.15) is 0 Å². The van der Waals surface area contributed by atoms with E-state index in [0.717, 1.165) is 204 Å². The van der Waals surface area contributed by atoms with Crippen LogP contribution in [0, 0.1) is 0 Å². The number of allylic oxidation sites excluding steroid dienone is 2. The first-order chi connectivity index (χ1) is 51.4. The Morgan fingerprint density at radius 2 is 0.923 bits per heavy atom. The Morgan fingerprint density at radius 1 is 0.337 bits per heavy atom. The van der Waals surface area contributed by atoms with E-state index in [1.807, 2.05) is 6.07 Å². The van der Waals surface area contributed by atoms with Crippen LogP contribution >= 0.6 is 0 Å². The summed E-state index contributed by atoms with van der Waals surface area (Å²) in [7, 11) is 0. The van der Waals surface area contributed by atoms with Gasteiger partial charge in [-0.25, -0.2) is 4.98 Å². The monoisotopic (exact) mass is 1330 g/mol. The lowest BCUT2D eigenvalue weighted by Gasteiger charge is -2.30. The first-order valence-corrected chi connectivity index (χ1v) is 35.8. The van der Waals surface area contributed by atoms with Crippen molar-refractivity contribution in [2.45, 2.75) is 19.8 Å². The number of para-hydroxylation sites is 2. The van der Waals surface area contributed by atoms with Crippen molar-refractivity contribution in [3.8, 4) is 33.5 Å². The van der Waals surface area contributed by atoms with Gasteiger partial charge < -0.3 is 23.1 Å². The van der Waals surface area contributed by atoms with Crippen LogP contribution in [-0.4, -0.2) is 11.5 Å². The van der Waals surface area contributed by atoms with Crippen LogP contribution in [0.5, 0.6) is 0 Å². The molecular weight excluding hydrogens is 1270 g/mol. The molecule has 0 aliphatic carbocycles. The summed E-state index contributed by atoms with van der Waals surface area (Å²) < 4.78 is 22.5. The van der Waals surface area contributed by atoms with Crippen LogP contribution in [0.2, 0.25) is 0 Å². The highest BCUT2D eigenvalue weighted by molar-refractivity contribution is 6.38. The van der Waals surface area contributed by atoms with Gasteiger partial charge in [-0.05, 0) is 140 Å². The van der Waals surface area contributed by atoms with Crippen molar-refractivity contribution in [2.75, 3.05) is 21.2 Å². The molecule has 0 fully saturated rings. The Bertz CT molecular complexity index is 6950. The summed E-state index contributed by atoms with van der Waals surface area (Å²) in [5, 5.41) is 19.1. The van der Waals surface area contributed by atoms with Gasteiger partial charge in [0.05, 0.1) is 39.8 Å². The molecule has 0 bridgehead atoms. The summed E-state index contributed by atoms with van der Waals surface area (Å²) >= 11 is 0. The predicted molar refractivity (Wildman–Crippen MR) is 436 cm³/mol. The molecule has 5 heterocycles. The highest BCUT2D eigenvalue weighted by atomic mass is 16.3. The minimum Gasteiger partial charge on any atom is -0.456 e. The molecule has 7 nitrogen and oxygen atoms in total. The number of anilines is 7. The minimum absolute atomic E-state index is 0.0286. The molecule has 4 aromatic heterocycles. The summed E-state index contributed by atoms with van der Waals surface area (Å²) in [5.41, 5.74) is 18.2. The maximum absolute atomic E-state index is 7.95.